The number of rotatable bonds is 7. The Morgan fingerprint density at radius 2 is 2.10 bits per heavy atom. The fourth-order valence-corrected chi connectivity index (χ4v) is 2.04. The highest BCUT2D eigenvalue weighted by atomic mass is 15.3. The van der Waals surface area contributed by atoms with Crippen molar-refractivity contribution in [2.45, 2.75) is 26.4 Å². The van der Waals surface area contributed by atoms with Gasteiger partial charge in [-0.05, 0) is 19.1 Å². The number of hydrogen-bond acceptors (Lipinski definition) is 4. The molecule has 0 aliphatic rings. The molecule has 6 nitrogen and oxygen atoms in total. The molecule has 0 spiro atoms. The summed E-state index contributed by atoms with van der Waals surface area (Å²) >= 11 is 0. The molecule has 0 aliphatic heterocycles. The summed E-state index contributed by atoms with van der Waals surface area (Å²) in [7, 11) is 0. The molecule has 0 saturated heterocycles. The van der Waals surface area contributed by atoms with Gasteiger partial charge in [-0.3, -0.25) is 5.41 Å². The zero-order valence-corrected chi connectivity index (χ0v) is 11.7. The first-order valence-electron chi connectivity index (χ1n) is 6.70. The number of para-hydroxylation sites is 1. The second-order valence-corrected chi connectivity index (χ2v) is 4.52. The van der Waals surface area contributed by atoms with E-state index in [0.717, 1.165) is 18.1 Å². The number of nitrogens with two attached hydrogens (primary N) is 1. The van der Waals surface area contributed by atoms with Crippen molar-refractivity contribution in [2.75, 3.05) is 11.4 Å². The third kappa shape index (κ3) is 3.57. The summed E-state index contributed by atoms with van der Waals surface area (Å²) in [5, 5.41) is 11.6. The molecule has 0 saturated carbocycles. The lowest BCUT2D eigenvalue weighted by Gasteiger charge is -2.24. The van der Waals surface area contributed by atoms with Crippen LogP contribution in [0.15, 0.2) is 36.7 Å². The number of nitrogens with zero attached hydrogens (tertiary/aromatic N) is 4. The Balaban J connectivity index is 2.16. The maximum absolute atomic E-state index is 7.40. The lowest BCUT2D eigenvalue weighted by atomic mass is 10.2. The SMILES string of the molecule is CCn1ncnc1CN(CCC(=N)N)c1ccccc1. The molecular formula is C14H20N6. The fraction of sp³-hybridized carbons (Fsp3) is 0.357. The van der Waals surface area contributed by atoms with E-state index in [-0.39, 0.29) is 5.84 Å². The van der Waals surface area contributed by atoms with Crippen LogP contribution in [-0.4, -0.2) is 27.1 Å². The Morgan fingerprint density at radius 1 is 1.35 bits per heavy atom. The Labute approximate surface area is 118 Å². The molecule has 20 heavy (non-hydrogen) atoms. The molecule has 2 rings (SSSR count). The van der Waals surface area contributed by atoms with E-state index in [2.05, 4.69) is 15.0 Å². The van der Waals surface area contributed by atoms with Gasteiger partial charge in [-0.25, -0.2) is 9.67 Å². The summed E-state index contributed by atoms with van der Waals surface area (Å²) in [6.07, 6.45) is 2.11. The van der Waals surface area contributed by atoms with Crippen molar-refractivity contribution in [3.05, 3.63) is 42.5 Å². The molecule has 0 radical (unpaired) electrons. The number of aromatic nitrogens is 3. The highest BCUT2D eigenvalue weighted by molar-refractivity contribution is 5.77. The maximum Gasteiger partial charge on any atom is 0.146 e. The van der Waals surface area contributed by atoms with E-state index in [1.807, 2.05) is 41.9 Å². The summed E-state index contributed by atoms with van der Waals surface area (Å²) in [6.45, 7) is 4.19. The predicted octanol–water partition coefficient (Wildman–Crippen LogP) is 1.63. The average Bonchev–Trinajstić information content (AvgIpc) is 2.91. The van der Waals surface area contributed by atoms with Gasteiger partial charge < -0.3 is 10.6 Å². The summed E-state index contributed by atoms with van der Waals surface area (Å²) < 4.78 is 1.88. The third-order valence-electron chi connectivity index (χ3n) is 3.10. The smallest absolute Gasteiger partial charge is 0.146 e. The molecule has 0 atom stereocenters. The van der Waals surface area contributed by atoms with E-state index in [0.29, 0.717) is 19.5 Å². The zero-order chi connectivity index (χ0) is 14.4. The fourth-order valence-electron chi connectivity index (χ4n) is 2.04. The molecular weight excluding hydrogens is 252 g/mol. The van der Waals surface area contributed by atoms with Gasteiger partial charge in [-0.15, -0.1) is 0 Å². The number of hydrogen-bond donors (Lipinski definition) is 2. The van der Waals surface area contributed by atoms with Crippen LogP contribution in [0.4, 0.5) is 5.69 Å². The molecule has 1 aromatic carbocycles. The lowest BCUT2D eigenvalue weighted by Crippen LogP contribution is -2.28. The van der Waals surface area contributed by atoms with Crippen molar-refractivity contribution in [1.29, 1.82) is 5.41 Å². The van der Waals surface area contributed by atoms with Gasteiger partial charge in [-0.1, -0.05) is 18.2 Å². The second-order valence-electron chi connectivity index (χ2n) is 4.52. The first-order valence-corrected chi connectivity index (χ1v) is 6.70. The minimum absolute atomic E-state index is 0.197. The summed E-state index contributed by atoms with van der Waals surface area (Å²) in [6, 6.07) is 10.1. The number of aryl methyl sites for hydroxylation is 1. The third-order valence-corrected chi connectivity index (χ3v) is 3.10. The molecule has 0 fully saturated rings. The number of benzene rings is 1. The van der Waals surface area contributed by atoms with Crippen LogP contribution >= 0.6 is 0 Å². The van der Waals surface area contributed by atoms with Crippen LogP contribution in [0.5, 0.6) is 0 Å². The lowest BCUT2D eigenvalue weighted by molar-refractivity contribution is 0.602. The zero-order valence-electron chi connectivity index (χ0n) is 11.7. The van der Waals surface area contributed by atoms with Crippen molar-refractivity contribution < 1.29 is 0 Å². The number of anilines is 1. The molecule has 1 aromatic heterocycles. The molecule has 6 heteroatoms. The number of nitrogens with one attached hydrogen (secondary N) is 1. The Morgan fingerprint density at radius 3 is 2.75 bits per heavy atom. The molecule has 0 unspecified atom stereocenters. The molecule has 2 aromatic rings. The Bertz CT molecular complexity index is 548. The molecule has 106 valence electrons. The van der Waals surface area contributed by atoms with Crippen LogP contribution in [0.3, 0.4) is 0 Å². The highest BCUT2D eigenvalue weighted by Crippen LogP contribution is 2.16. The van der Waals surface area contributed by atoms with Crippen molar-refractivity contribution >= 4 is 11.5 Å². The van der Waals surface area contributed by atoms with Gasteiger partial charge in [-0.2, -0.15) is 5.10 Å². The molecule has 3 N–H and O–H groups in total. The van der Waals surface area contributed by atoms with Crippen LogP contribution in [-0.2, 0) is 13.1 Å². The summed E-state index contributed by atoms with van der Waals surface area (Å²) in [4.78, 5) is 6.47. The molecule has 0 bridgehead atoms. The van der Waals surface area contributed by atoms with E-state index in [1.165, 1.54) is 0 Å². The minimum atomic E-state index is 0.197. The van der Waals surface area contributed by atoms with Gasteiger partial charge in [0.25, 0.3) is 0 Å². The van der Waals surface area contributed by atoms with Gasteiger partial charge in [0.05, 0.1) is 12.4 Å². The van der Waals surface area contributed by atoms with Crippen LogP contribution in [0.25, 0.3) is 0 Å². The van der Waals surface area contributed by atoms with Crippen LogP contribution < -0.4 is 10.6 Å². The first kappa shape index (κ1) is 14.0. The van der Waals surface area contributed by atoms with Crippen LogP contribution in [0.2, 0.25) is 0 Å². The van der Waals surface area contributed by atoms with Crippen molar-refractivity contribution in [3.8, 4) is 0 Å². The van der Waals surface area contributed by atoms with Gasteiger partial charge in [0, 0.05) is 25.2 Å². The Hall–Kier alpha value is -2.37. The minimum Gasteiger partial charge on any atom is -0.388 e. The average molecular weight is 272 g/mol. The van der Waals surface area contributed by atoms with Gasteiger partial charge >= 0.3 is 0 Å². The maximum atomic E-state index is 7.40. The topological polar surface area (TPSA) is 83.8 Å². The summed E-state index contributed by atoms with van der Waals surface area (Å²) in [5.41, 5.74) is 6.57. The normalized spacial score (nSPS) is 10.4. The largest absolute Gasteiger partial charge is 0.388 e. The van der Waals surface area contributed by atoms with Crippen LogP contribution in [0.1, 0.15) is 19.2 Å². The molecule has 0 aliphatic carbocycles. The second kappa shape index (κ2) is 6.70. The molecule has 1 heterocycles. The first-order chi connectivity index (χ1) is 9.70. The monoisotopic (exact) mass is 272 g/mol. The highest BCUT2D eigenvalue weighted by Gasteiger charge is 2.11. The van der Waals surface area contributed by atoms with E-state index < -0.39 is 0 Å². The van der Waals surface area contributed by atoms with Crippen molar-refractivity contribution in [3.63, 3.8) is 0 Å². The van der Waals surface area contributed by atoms with Gasteiger partial charge in [0.1, 0.15) is 12.2 Å². The quantitative estimate of drug-likeness (QED) is 0.592. The van der Waals surface area contributed by atoms with Gasteiger partial charge in [0.2, 0.25) is 0 Å². The van der Waals surface area contributed by atoms with E-state index in [4.69, 9.17) is 11.1 Å². The number of amidine groups is 1. The van der Waals surface area contributed by atoms with Crippen LogP contribution in [0, 0.1) is 5.41 Å². The summed E-state index contributed by atoms with van der Waals surface area (Å²) in [5.74, 6) is 1.11. The molecule has 0 amide bonds. The van der Waals surface area contributed by atoms with E-state index >= 15 is 0 Å². The Kier molecular flexibility index (Phi) is 4.70. The van der Waals surface area contributed by atoms with E-state index in [1.54, 1.807) is 6.33 Å². The van der Waals surface area contributed by atoms with Crippen molar-refractivity contribution in [1.82, 2.24) is 14.8 Å². The standard InChI is InChI=1S/C14H20N6/c1-2-20-14(17-11-18-20)10-19(9-8-13(15)16)12-6-4-3-5-7-12/h3-7,11H,2,8-10H2,1H3,(H3,15,16). The predicted molar refractivity (Wildman–Crippen MR) is 79.7 cm³/mol. The van der Waals surface area contributed by atoms with Gasteiger partial charge in [0.15, 0.2) is 0 Å². The van der Waals surface area contributed by atoms with Crippen molar-refractivity contribution in [2.24, 2.45) is 5.73 Å². The van der Waals surface area contributed by atoms with E-state index in [9.17, 15) is 0 Å².